The quantitative estimate of drug-likeness (QED) is 0.633. The number of hydrogen-bond acceptors (Lipinski definition) is 2. The van der Waals surface area contributed by atoms with Crippen LogP contribution in [-0.2, 0) is 0 Å². The SMILES string of the molecule is C=C/C=C(\C=C)CC1CNCCN1. The van der Waals surface area contributed by atoms with Crippen molar-refractivity contribution in [1.82, 2.24) is 10.6 Å². The van der Waals surface area contributed by atoms with E-state index in [-0.39, 0.29) is 0 Å². The van der Waals surface area contributed by atoms with E-state index in [9.17, 15) is 0 Å². The van der Waals surface area contributed by atoms with Crippen LogP contribution in [0.2, 0.25) is 0 Å². The summed E-state index contributed by atoms with van der Waals surface area (Å²) in [5.74, 6) is 0. The van der Waals surface area contributed by atoms with E-state index in [0.29, 0.717) is 6.04 Å². The summed E-state index contributed by atoms with van der Waals surface area (Å²) in [5, 5.41) is 6.81. The van der Waals surface area contributed by atoms with E-state index >= 15 is 0 Å². The Kier molecular flexibility index (Phi) is 4.50. The lowest BCUT2D eigenvalue weighted by molar-refractivity contribution is 0.417. The highest BCUT2D eigenvalue weighted by Gasteiger charge is 2.11. The second-order valence-electron chi connectivity index (χ2n) is 3.24. The van der Waals surface area contributed by atoms with E-state index in [1.165, 1.54) is 5.57 Å². The first-order valence-electron chi connectivity index (χ1n) is 4.75. The molecular weight excluding hydrogens is 160 g/mol. The lowest BCUT2D eigenvalue weighted by Gasteiger charge is -2.24. The van der Waals surface area contributed by atoms with Crippen molar-refractivity contribution in [2.75, 3.05) is 19.6 Å². The fraction of sp³-hybridized carbons (Fsp3) is 0.455. The van der Waals surface area contributed by atoms with Gasteiger partial charge in [-0.3, -0.25) is 0 Å². The minimum Gasteiger partial charge on any atom is -0.314 e. The third-order valence-corrected chi connectivity index (χ3v) is 2.20. The van der Waals surface area contributed by atoms with Crippen LogP contribution in [0.25, 0.3) is 0 Å². The Labute approximate surface area is 80.4 Å². The van der Waals surface area contributed by atoms with E-state index in [1.54, 1.807) is 0 Å². The molecule has 1 rings (SSSR count). The highest BCUT2D eigenvalue weighted by molar-refractivity contribution is 5.22. The number of piperazine rings is 1. The molecule has 2 N–H and O–H groups in total. The summed E-state index contributed by atoms with van der Waals surface area (Å²) >= 11 is 0. The minimum absolute atomic E-state index is 0.540. The van der Waals surface area contributed by atoms with Crippen LogP contribution in [0.1, 0.15) is 6.42 Å². The summed E-state index contributed by atoms with van der Waals surface area (Å²) in [6, 6.07) is 0.540. The summed E-state index contributed by atoms with van der Waals surface area (Å²) in [6.45, 7) is 10.6. The van der Waals surface area contributed by atoms with Gasteiger partial charge in [0.2, 0.25) is 0 Å². The molecule has 2 heteroatoms. The standard InChI is InChI=1S/C11H18N2/c1-3-5-10(4-2)8-11-9-12-6-7-13-11/h3-5,11-13H,1-2,6-9H2/b10-5+. The summed E-state index contributed by atoms with van der Waals surface area (Å²) in [7, 11) is 0. The fourth-order valence-corrected chi connectivity index (χ4v) is 1.51. The molecule has 0 spiro atoms. The summed E-state index contributed by atoms with van der Waals surface area (Å²) in [5.41, 5.74) is 1.25. The topological polar surface area (TPSA) is 24.1 Å². The zero-order valence-electron chi connectivity index (χ0n) is 8.05. The monoisotopic (exact) mass is 178 g/mol. The first kappa shape index (κ1) is 10.2. The molecule has 0 saturated carbocycles. The Balaban J connectivity index is 2.40. The maximum atomic E-state index is 3.78. The minimum atomic E-state index is 0.540. The van der Waals surface area contributed by atoms with Crippen molar-refractivity contribution in [3.05, 3.63) is 37.0 Å². The fourth-order valence-electron chi connectivity index (χ4n) is 1.51. The molecule has 1 saturated heterocycles. The first-order chi connectivity index (χ1) is 6.36. The molecule has 0 aromatic carbocycles. The summed E-state index contributed by atoms with van der Waals surface area (Å²) in [4.78, 5) is 0. The molecule has 1 unspecified atom stereocenters. The van der Waals surface area contributed by atoms with E-state index < -0.39 is 0 Å². The molecule has 2 nitrogen and oxygen atoms in total. The molecule has 1 heterocycles. The maximum Gasteiger partial charge on any atom is 0.0233 e. The molecule has 0 radical (unpaired) electrons. The molecule has 1 atom stereocenters. The highest BCUT2D eigenvalue weighted by atomic mass is 15.0. The van der Waals surface area contributed by atoms with Gasteiger partial charge in [-0.25, -0.2) is 0 Å². The van der Waals surface area contributed by atoms with Crippen LogP contribution in [0.15, 0.2) is 37.0 Å². The lowest BCUT2D eigenvalue weighted by atomic mass is 10.0. The zero-order valence-corrected chi connectivity index (χ0v) is 8.05. The van der Waals surface area contributed by atoms with E-state index in [0.717, 1.165) is 26.1 Å². The number of nitrogens with one attached hydrogen (secondary N) is 2. The van der Waals surface area contributed by atoms with Gasteiger partial charge < -0.3 is 10.6 Å². The van der Waals surface area contributed by atoms with Crippen molar-refractivity contribution in [3.8, 4) is 0 Å². The van der Waals surface area contributed by atoms with Crippen LogP contribution in [0.4, 0.5) is 0 Å². The predicted molar refractivity (Wildman–Crippen MR) is 57.8 cm³/mol. The smallest absolute Gasteiger partial charge is 0.0233 e. The normalized spacial score (nSPS) is 24.0. The first-order valence-corrected chi connectivity index (χ1v) is 4.75. The van der Waals surface area contributed by atoms with E-state index in [1.807, 2.05) is 18.2 Å². The molecule has 1 fully saturated rings. The predicted octanol–water partition coefficient (Wildman–Crippen LogP) is 1.24. The summed E-state index contributed by atoms with van der Waals surface area (Å²) < 4.78 is 0. The second-order valence-corrected chi connectivity index (χ2v) is 3.24. The molecule has 0 aromatic rings. The van der Waals surface area contributed by atoms with Crippen molar-refractivity contribution >= 4 is 0 Å². The van der Waals surface area contributed by atoms with Gasteiger partial charge in [-0.05, 0) is 12.0 Å². The number of rotatable bonds is 4. The van der Waals surface area contributed by atoms with Crippen LogP contribution in [0.5, 0.6) is 0 Å². The van der Waals surface area contributed by atoms with Crippen LogP contribution in [-0.4, -0.2) is 25.7 Å². The van der Waals surface area contributed by atoms with Crippen molar-refractivity contribution in [1.29, 1.82) is 0 Å². The Morgan fingerprint density at radius 1 is 1.38 bits per heavy atom. The molecule has 0 bridgehead atoms. The Hall–Kier alpha value is -0.860. The van der Waals surface area contributed by atoms with Gasteiger partial charge in [-0.15, -0.1) is 0 Å². The Morgan fingerprint density at radius 3 is 2.77 bits per heavy atom. The Bertz CT molecular complexity index is 200. The van der Waals surface area contributed by atoms with Crippen LogP contribution < -0.4 is 10.6 Å². The van der Waals surface area contributed by atoms with Crippen molar-refractivity contribution in [3.63, 3.8) is 0 Å². The van der Waals surface area contributed by atoms with E-state index in [4.69, 9.17) is 0 Å². The van der Waals surface area contributed by atoms with Gasteiger partial charge in [0, 0.05) is 25.7 Å². The third-order valence-electron chi connectivity index (χ3n) is 2.20. The molecule has 13 heavy (non-hydrogen) atoms. The second kappa shape index (κ2) is 5.73. The lowest BCUT2D eigenvalue weighted by Crippen LogP contribution is -2.48. The molecule has 0 aliphatic carbocycles. The van der Waals surface area contributed by atoms with Gasteiger partial charge in [-0.1, -0.05) is 31.4 Å². The molecule has 0 aromatic heterocycles. The van der Waals surface area contributed by atoms with Gasteiger partial charge >= 0.3 is 0 Å². The van der Waals surface area contributed by atoms with Crippen LogP contribution >= 0.6 is 0 Å². The molecule has 72 valence electrons. The van der Waals surface area contributed by atoms with Crippen molar-refractivity contribution in [2.45, 2.75) is 12.5 Å². The summed E-state index contributed by atoms with van der Waals surface area (Å²) in [6.07, 6.45) is 6.76. The maximum absolute atomic E-state index is 3.78. The largest absolute Gasteiger partial charge is 0.314 e. The zero-order chi connectivity index (χ0) is 9.52. The molecular formula is C11H18N2. The average Bonchev–Trinajstić information content (AvgIpc) is 2.19. The van der Waals surface area contributed by atoms with Crippen LogP contribution in [0, 0.1) is 0 Å². The number of allylic oxidation sites excluding steroid dienone is 3. The van der Waals surface area contributed by atoms with Gasteiger partial charge in [0.25, 0.3) is 0 Å². The molecule has 1 aliphatic heterocycles. The van der Waals surface area contributed by atoms with Gasteiger partial charge in [0.1, 0.15) is 0 Å². The van der Waals surface area contributed by atoms with Gasteiger partial charge in [0.15, 0.2) is 0 Å². The molecule has 0 amide bonds. The van der Waals surface area contributed by atoms with Gasteiger partial charge in [0.05, 0.1) is 0 Å². The Morgan fingerprint density at radius 2 is 2.23 bits per heavy atom. The van der Waals surface area contributed by atoms with Crippen molar-refractivity contribution < 1.29 is 0 Å². The van der Waals surface area contributed by atoms with E-state index in [2.05, 4.69) is 23.8 Å². The third kappa shape index (κ3) is 3.57. The van der Waals surface area contributed by atoms with Gasteiger partial charge in [-0.2, -0.15) is 0 Å². The average molecular weight is 178 g/mol. The molecule has 1 aliphatic rings. The van der Waals surface area contributed by atoms with Crippen molar-refractivity contribution in [2.24, 2.45) is 0 Å². The number of hydrogen-bond donors (Lipinski definition) is 2. The van der Waals surface area contributed by atoms with Crippen LogP contribution in [0.3, 0.4) is 0 Å². The highest BCUT2D eigenvalue weighted by Crippen LogP contribution is 2.07.